The van der Waals surface area contributed by atoms with E-state index < -0.39 is 155 Å². The molecule has 0 aliphatic carbocycles. The number of amides is 2. The topological polar surface area (TPSA) is 373 Å². The van der Waals surface area contributed by atoms with Gasteiger partial charge in [-0.25, -0.2) is 4.79 Å². The molecule has 100 heavy (non-hydrogen) atoms. The van der Waals surface area contributed by atoms with E-state index in [1.807, 2.05) is 6.08 Å². The van der Waals surface area contributed by atoms with Gasteiger partial charge in [-0.05, 0) is 19.3 Å². The Morgan fingerprint density at radius 1 is 0.520 bits per heavy atom. The number of aliphatic hydroxyl groups excluding tert-OH is 11. The number of hydrogen-bond donors (Lipinski definition) is 14. The largest absolute Gasteiger partial charge is 0.477 e. The Morgan fingerprint density at radius 3 is 1.33 bits per heavy atom. The Labute approximate surface area is 601 Å². The fourth-order valence-electron chi connectivity index (χ4n) is 14.1. The van der Waals surface area contributed by atoms with Crippen LogP contribution in [0.3, 0.4) is 0 Å². The van der Waals surface area contributed by atoms with Gasteiger partial charge >= 0.3 is 5.97 Å². The van der Waals surface area contributed by atoms with Crippen molar-refractivity contribution in [3.8, 4) is 0 Å². The summed E-state index contributed by atoms with van der Waals surface area (Å²) < 4.78 is 34.9. The normalized spacial score (nSPS) is 27.0. The summed E-state index contributed by atoms with van der Waals surface area (Å²) in [4.78, 5) is 38.6. The summed E-state index contributed by atoms with van der Waals surface area (Å²) in [5.74, 6) is -6.13. The quantitative estimate of drug-likeness (QED) is 0.0199. The van der Waals surface area contributed by atoms with Crippen LogP contribution in [0.1, 0.15) is 323 Å². The second-order valence-electron chi connectivity index (χ2n) is 29.3. The SMILES string of the molecule is CCCCCCCCCCCCCCC/C=C/C(O)C(COC1OC(CO)C(OC2OC(CO)C(O)C(OC3(C(=O)O)CC(O)C(NC(C)=O)C(C(O)C(O)CO)O3)C2O)C(O)C1O)NC(=O)CCCCCCCCCCCCCCCCCCCCCCCCCCCCCCCCC. The lowest BCUT2D eigenvalue weighted by molar-refractivity contribution is -0.386. The van der Waals surface area contributed by atoms with Crippen LogP contribution in [0.5, 0.6) is 0 Å². The summed E-state index contributed by atoms with van der Waals surface area (Å²) in [6, 6.07) is -2.61. The molecule has 23 heteroatoms. The molecule has 18 unspecified atom stereocenters. The average Bonchev–Trinajstić information content (AvgIpc) is 0.756. The molecule has 2 amide bonds. The Balaban J connectivity index is 1.47. The third-order valence-corrected chi connectivity index (χ3v) is 20.5. The van der Waals surface area contributed by atoms with E-state index in [9.17, 15) is 75.7 Å². The number of aliphatic carboxylic acids is 1. The van der Waals surface area contributed by atoms with Crippen LogP contribution < -0.4 is 10.6 Å². The smallest absolute Gasteiger partial charge is 0.364 e. The predicted molar refractivity (Wildman–Crippen MR) is 385 cm³/mol. The first-order chi connectivity index (χ1) is 48.4. The van der Waals surface area contributed by atoms with Gasteiger partial charge in [-0.15, -0.1) is 0 Å². The third kappa shape index (κ3) is 37.1. The minimum absolute atomic E-state index is 0.206. The van der Waals surface area contributed by atoms with Crippen molar-refractivity contribution >= 4 is 17.8 Å². The number of carbonyl (C=O) groups excluding carboxylic acids is 2. The van der Waals surface area contributed by atoms with Crippen LogP contribution in [0, 0.1) is 0 Å². The third-order valence-electron chi connectivity index (χ3n) is 20.5. The Morgan fingerprint density at radius 2 is 0.930 bits per heavy atom. The molecule has 588 valence electrons. The number of unbranched alkanes of at least 4 members (excludes halogenated alkanes) is 43. The van der Waals surface area contributed by atoms with Crippen LogP contribution in [0.15, 0.2) is 12.2 Å². The van der Waals surface area contributed by atoms with E-state index in [2.05, 4.69) is 24.5 Å². The van der Waals surface area contributed by atoms with E-state index in [4.69, 9.17) is 28.4 Å². The van der Waals surface area contributed by atoms with Crippen molar-refractivity contribution in [2.24, 2.45) is 0 Å². The van der Waals surface area contributed by atoms with Gasteiger partial charge < -0.3 is 100 Å². The fourth-order valence-corrected chi connectivity index (χ4v) is 14.1. The number of nitrogens with one attached hydrogen (secondary N) is 2. The van der Waals surface area contributed by atoms with Gasteiger partial charge in [0, 0.05) is 19.8 Å². The van der Waals surface area contributed by atoms with Gasteiger partial charge in [-0.2, -0.15) is 0 Å². The van der Waals surface area contributed by atoms with E-state index in [0.717, 1.165) is 51.9 Å². The van der Waals surface area contributed by atoms with Crippen LogP contribution in [-0.2, 0) is 42.8 Å². The molecule has 18 atom stereocenters. The van der Waals surface area contributed by atoms with Gasteiger partial charge in [0.2, 0.25) is 11.8 Å². The van der Waals surface area contributed by atoms with Crippen molar-refractivity contribution in [3.05, 3.63) is 12.2 Å². The zero-order valence-corrected chi connectivity index (χ0v) is 62.1. The molecule has 0 aromatic carbocycles. The molecule has 0 spiro atoms. The maximum absolute atomic E-state index is 13.5. The Hall–Kier alpha value is -2.53. The molecule has 0 radical (unpaired) electrons. The van der Waals surface area contributed by atoms with Gasteiger partial charge in [0.05, 0.1) is 50.7 Å². The zero-order valence-electron chi connectivity index (χ0n) is 62.1. The first kappa shape index (κ1) is 91.7. The number of ether oxygens (including phenoxy) is 6. The van der Waals surface area contributed by atoms with Crippen LogP contribution in [0.4, 0.5) is 0 Å². The number of carboxylic acid groups (broad SMARTS) is 1. The monoisotopic (exact) mass is 1430 g/mol. The molecule has 14 N–H and O–H groups in total. The maximum Gasteiger partial charge on any atom is 0.364 e. The van der Waals surface area contributed by atoms with Crippen molar-refractivity contribution < 1.29 is 104 Å². The fraction of sp³-hybridized carbons (Fsp3) is 0.935. The molecule has 0 saturated carbocycles. The standard InChI is InChI=1S/C77H144N2O21/c1-4-6-8-10-12-14-16-18-20-21-22-23-24-25-26-27-28-29-30-31-32-33-34-35-37-39-41-43-45-47-49-51-64(87)79-58(59(84)50-48-46-44-42-40-38-36-19-17-15-13-11-9-7-5-2)56-95-74-69(91)68(90)71(63(55-82)97-74)98-75-70(92)73(67(89)62(54-81)96-75)100-77(76(93)94)52-60(85)65(78-57(3)83)72(99-77)66(88)61(86)53-80/h48,50,58-63,65-75,80-82,84-86,88-92H,4-47,49,51-56H2,1-3H3,(H,78,83)(H,79,87)(H,93,94)/b50-48+. The highest BCUT2D eigenvalue weighted by Crippen LogP contribution is 2.39. The average molecular weight is 1430 g/mol. The summed E-state index contributed by atoms with van der Waals surface area (Å²) in [6.45, 7) is 2.18. The summed E-state index contributed by atoms with van der Waals surface area (Å²) in [5, 5.41) is 136. The minimum Gasteiger partial charge on any atom is -0.477 e. The zero-order chi connectivity index (χ0) is 73.2. The first-order valence-electron chi connectivity index (χ1n) is 40.1. The van der Waals surface area contributed by atoms with E-state index in [0.29, 0.717) is 12.8 Å². The maximum atomic E-state index is 13.5. The number of rotatable bonds is 63. The van der Waals surface area contributed by atoms with Gasteiger partial charge in [-0.1, -0.05) is 296 Å². The van der Waals surface area contributed by atoms with Crippen LogP contribution in [0.25, 0.3) is 0 Å². The highest BCUT2D eigenvalue weighted by atomic mass is 16.8. The second kappa shape index (κ2) is 56.8. The molecular formula is C77H144N2O21. The lowest BCUT2D eigenvalue weighted by Crippen LogP contribution is -2.70. The molecule has 3 fully saturated rings. The summed E-state index contributed by atoms with van der Waals surface area (Å²) >= 11 is 0. The Bertz CT molecular complexity index is 2050. The van der Waals surface area contributed by atoms with Crippen LogP contribution in [0.2, 0.25) is 0 Å². The molecule has 0 aromatic heterocycles. The van der Waals surface area contributed by atoms with E-state index in [1.54, 1.807) is 6.08 Å². The van der Waals surface area contributed by atoms with Gasteiger partial charge in [0.1, 0.15) is 67.1 Å². The lowest BCUT2D eigenvalue weighted by Gasteiger charge is -2.50. The molecule has 3 rings (SSSR count). The van der Waals surface area contributed by atoms with Crippen molar-refractivity contribution in [3.63, 3.8) is 0 Å². The number of carbonyl (C=O) groups is 3. The number of allylic oxidation sites excluding steroid dienone is 1. The van der Waals surface area contributed by atoms with Crippen molar-refractivity contribution in [2.75, 3.05) is 26.4 Å². The predicted octanol–water partition coefficient (Wildman–Crippen LogP) is 10.2. The van der Waals surface area contributed by atoms with E-state index in [1.165, 1.54) is 231 Å². The number of carboxylic acids is 1. The van der Waals surface area contributed by atoms with E-state index >= 15 is 0 Å². The molecule has 0 bridgehead atoms. The molecule has 23 nitrogen and oxygen atoms in total. The molecule has 3 aliphatic rings. The van der Waals surface area contributed by atoms with Crippen LogP contribution in [-0.4, -0.2) is 215 Å². The summed E-state index contributed by atoms with van der Waals surface area (Å²) in [7, 11) is 0. The first-order valence-corrected chi connectivity index (χ1v) is 40.1. The lowest BCUT2D eigenvalue weighted by atomic mass is 9.88. The van der Waals surface area contributed by atoms with Gasteiger partial charge in [-0.3, -0.25) is 9.59 Å². The molecule has 3 saturated heterocycles. The van der Waals surface area contributed by atoms with Crippen molar-refractivity contribution in [2.45, 2.75) is 432 Å². The molecule has 3 heterocycles. The van der Waals surface area contributed by atoms with Crippen molar-refractivity contribution in [1.29, 1.82) is 0 Å². The summed E-state index contributed by atoms with van der Waals surface area (Å²) in [6.07, 6.45) is 31.3. The van der Waals surface area contributed by atoms with Crippen LogP contribution >= 0.6 is 0 Å². The Kier molecular flexibility index (Phi) is 52.0. The highest BCUT2D eigenvalue weighted by Gasteiger charge is 2.60. The second-order valence-corrected chi connectivity index (χ2v) is 29.3. The van der Waals surface area contributed by atoms with Gasteiger partial charge in [0.25, 0.3) is 5.79 Å². The summed E-state index contributed by atoms with van der Waals surface area (Å²) in [5.41, 5.74) is 0. The van der Waals surface area contributed by atoms with E-state index in [-0.39, 0.29) is 12.3 Å². The molecular weight excluding hydrogens is 1290 g/mol. The number of aliphatic hydroxyl groups is 11. The minimum atomic E-state index is -3.08. The van der Waals surface area contributed by atoms with Gasteiger partial charge in [0.15, 0.2) is 12.6 Å². The number of hydrogen-bond acceptors (Lipinski definition) is 20. The molecule has 0 aromatic rings. The molecule has 3 aliphatic heterocycles. The van der Waals surface area contributed by atoms with Crippen molar-refractivity contribution in [1.82, 2.24) is 10.6 Å². The highest BCUT2D eigenvalue weighted by molar-refractivity contribution is 5.77.